The summed E-state index contributed by atoms with van der Waals surface area (Å²) in [7, 11) is 0. The van der Waals surface area contributed by atoms with Crippen LogP contribution in [0, 0.1) is 10.1 Å². The number of anilines is 1. The molecule has 0 N–H and O–H groups in total. The first kappa shape index (κ1) is 20.3. The number of furan rings is 1. The summed E-state index contributed by atoms with van der Waals surface area (Å²) in [5.41, 5.74) is 0.260. The van der Waals surface area contributed by atoms with Gasteiger partial charge in [-0.2, -0.15) is 18.2 Å². The van der Waals surface area contributed by atoms with E-state index < -0.39 is 28.8 Å². The number of halogens is 3. The molecule has 0 unspecified atom stereocenters. The second-order valence-corrected chi connectivity index (χ2v) is 6.50. The molecule has 0 aliphatic carbocycles. The predicted molar refractivity (Wildman–Crippen MR) is 96.0 cm³/mol. The molecule has 1 aliphatic rings. The molecular weight excluding hydrogens is 425 g/mol. The van der Waals surface area contributed by atoms with Gasteiger partial charge in [0.1, 0.15) is 10.7 Å². The van der Waals surface area contributed by atoms with Gasteiger partial charge in [-0.25, -0.2) is 4.98 Å². The third kappa shape index (κ3) is 4.17. The van der Waals surface area contributed by atoms with Crippen LogP contribution < -0.4 is 4.90 Å². The Hall–Kier alpha value is -3.97. The number of hydrogen-bond donors (Lipinski definition) is 0. The molecule has 4 heterocycles. The van der Waals surface area contributed by atoms with Gasteiger partial charge in [0.25, 0.3) is 5.91 Å². The van der Waals surface area contributed by atoms with Crippen LogP contribution in [0.1, 0.15) is 16.4 Å². The van der Waals surface area contributed by atoms with E-state index in [9.17, 15) is 28.1 Å². The van der Waals surface area contributed by atoms with Crippen LogP contribution in [0.4, 0.5) is 24.9 Å². The Morgan fingerprint density at radius 2 is 1.87 bits per heavy atom. The topological polar surface area (TPSA) is 132 Å². The van der Waals surface area contributed by atoms with E-state index in [4.69, 9.17) is 4.42 Å². The van der Waals surface area contributed by atoms with Gasteiger partial charge in [-0.15, -0.1) is 0 Å². The summed E-state index contributed by atoms with van der Waals surface area (Å²) in [6.07, 6.45) is -3.39. The van der Waals surface area contributed by atoms with Crippen LogP contribution in [0.2, 0.25) is 0 Å². The van der Waals surface area contributed by atoms with Crippen molar-refractivity contribution in [2.45, 2.75) is 6.18 Å². The summed E-state index contributed by atoms with van der Waals surface area (Å²) in [6.45, 7) is 1.52. The molecule has 1 aliphatic heterocycles. The second kappa shape index (κ2) is 7.70. The van der Waals surface area contributed by atoms with Gasteiger partial charge < -0.3 is 18.7 Å². The zero-order valence-electron chi connectivity index (χ0n) is 15.6. The number of alkyl halides is 3. The average Bonchev–Trinajstić information content (AvgIpc) is 3.43. The minimum atomic E-state index is -4.73. The Morgan fingerprint density at radius 1 is 1.13 bits per heavy atom. The molecule has 0 aromatic carbocycles. The maximum Gasteiger partial charge on any atom is 0.471 e. The molecule has 0 bridgehead atoms. The van der Waals surface area contributed by atoms with Gasteiger partial charge in [-0.05, 0) is 18.2 Å². The van der Waals surface area contributed by atoms with Crippen molar-refractivity contribution in [2.24, 2.45) is 0 Å². The van der Waals surface area contributed by atoms with Gasteiger partial charge in [-0.3, -0.25) is 14.9 Å². The van der Waals surface area contributed by atoms with Gasteiger partial charge in [0.15, 0.2) is 5.76 Å². The number of carbonyl (C=O) groups excluding carboxylic acids is 1. The highest BCUT2D eigenvalue weighted by Crippen LogP contribution is 2.29. The summed E-state index contributed by atoms with van der Waals surface area (Å²) < 4.78 is 46.9. The van der Waals surface area contributed by atoms with Crippen molar-refractivity contribution in [3.05, 3.63) is 52.2 Å². The van der Waals surface area contributed by atoms with Crippen LogP contribution >= 0.6 is 0 Å². The molecule has 1 fully saturated rings. The number of nitrogens with zero attached hydrogens (tertiary/aromatic N) is 6. The van der Waals surface area contributed by atoms with Crippen LogP contribution in [-0.4, -0.2) is 57.0 Å². The van der Waals surface area contributed by atoms with Gasteiger partial charge in [0, 0.05) is 37.9 Å². The lowest BCUT2D eigenvalue weighted by molar-refractivity contribution is -0.402. The molecule has 14 heteroatoms. The maximum absolute atomic E-state index is 12.6. The Balaban J connectivity index is 1.38. The molecule has 162 valence electrons. The van der Waals surface area contributed by atoms with Crippen molar-refractivity contribution in [3.8, 4) is 11.4 Å². The first-order valence-electron chi connectivity index (χ1n) is 8.88. The molecule has 4 rings (SSSR count). The molecule has 3 aromatic rings. The van der Waals surface area contributed by atoms with Crippen molar-refractivity contribution in [1.29, 1.82) is 0 Å². The van der Waals surface area contributed by atoms with Crippen LogP contribution in [0.15, 0.2) is 39.4 Å². The highest BCUT2D eigenvalue weighted by Gasteiger charge is 2.38. The van der Waals surface area contributed by atoms with E-state index in [1.165, 1.54) is 23.2 Å². The summed E-state index contributed by atoms with van der Waals surface area (Å²) >= 11 is 0. The maximum atomic E-state index is 12.6. The van der Waals surface area contributed by atoms with Crippen LogP contribution in [0.5, 0.6) is 0 Å². The lowest BCUT2D eigenvalue weighted by atomic mass is 10.2. The average molecular weight is 438 g/mol. The number of piperazine rings is 1. The molecule has 3 aromatic heterocycles. The molecule has 0 radical (unpaired) electrons. The second-order valence-electron chi connectivity index (χ2n) is 6.50. The summed E-state index contributed by atoms with van der Waals surface area (Å²) in [5, 5.41) is 14.0. The molecule has 1 saturated heterocycles. The van der Waals surface area contributed by atoms with Crippen LogP contribution in [0.25, 0.3) is 11.4 Å². The van der Waals surface area contributed by atoms with Crippen LogP contribution in [0.3, 0.4) is 0 Å². The standard InChI is InChI=1S/C17H13F3N6O5/c18-17(19,20)16-22-14(23-31-16)10-1-3-12(21-9-10)24-5-7-25(8-6-24)15(27)11-2-4-13(30-11)26(28)29/h1-4,9H,5-8H2. The Bertz CT molecular complexity index is 1100. The first-order chi connectivity index (χ1) is 14.7. The van der Waals surface area contributed by atoms with Gasteiger partial charge >= 0.3 is 18.0 Å². The lowest BCUT2D eigenvalue weighted by Crippen LogP contribution is -2.49. The van der Waals surface area contributed by atoms with Crippen molar-refractivity contribution in [3.63, 3.8) is 0 Å². The van der Waals surface area contributed by atoms with E-state index in [1.807, 2.05) is 4.90 Å². The normalized spacial score (nSPS) is 14.7. The summed E-state index contributed by atoms with van der Waals surface area (Å²) in [6, 6.07) is 5.50. The number of nitro groups is 1. The smallest absolute Gasteiger partial charge is 0.395 e. The Morgan fingerprint density at radius 3 is 2.42 bits per heavy atom. The predicted octanol–water partition coefficient (Wildman–Crippen LogP) is 2.61. The fraction of sp³-hybridized carbons (Fsp3) is 0.294. The quantitative estimate of drug-likeness (QED) is 0.445. The van der Waals surface area contributed by atoms with Gasteiger partial charge in [-0.1, -0.05) is 5.16 Å². The molecule has 0 saturated carbocycles. The van der Waals surface area contributed by atoms with Gasteiger partial charge in [0.2, 0.25) is 5.82 Å². The highest BCUT2D eigenvalue weighted by molar-refractivity contribution is 5.92. The molecule has 31 heavy (non-hydrogen) atoms. The SMILES string of the molecule is O=C(c1ccc([N+](=O)[O-])o1)N1CCN(c2ccc(-c3noc(C(F)(F)F)n3)cn2)CC1. The number of amides is 1. The monoisotopic (exact) mass is 438 g/mol. The molecule has 0 spiro atoms. The van der Waals surface area contributed by atoms with Crippen LogP contribution in [-0.2, 0) is 6.18 Å². The van der Waals surface area contributed by atoms with Crippen molar-refractivity contribution < 1.29 is 31.8 Å². The molecular formula is C17H13F3N6O5. The molecule has 1 amide bonds. The number of aromatic nitrogens is 3. The van der Waals surface area contributed by atoms with Crippen molar-refractivity contribution >= 4 is 17.6 Å². The van der Waals surface area contributed by atoms with E-state index in [-0.39, 0.29) is 17.1 Å². The van der Waals surface area contributed by atoms with Gasteiger partial charge in [0.05, 0.1) is 6.07 Å². The zero-order chi connectivity index (χ0) is 22.2. The lowest BCUT2D eigenvalue weighted by Gasteiger charge is -2.35. The Labute approximate surface area is 171 Å². The van der Waals surface area contributed by atoms with Crippen molar-refractivity contribution in [1.82, 2.24) is 20.0 Å². The van der Waals surface area contributed by atoms with E-state index in [0.717, 1.165) is 6.07 Å². The number of hydrogen-bond acceptors (Lipinski definition) is 9. The zero-order valence-corrected chi connectivity index (χ0v) is 15.6. The number of rotatable bonds is 4. The minimum Gasteiger partial charge on any atom is -0.395 e. The number of pyridine rings is 1. The third-order valence-electron chi connectivity index (χ3n) is 4.55. The number of carbonyl (C=O) groups is 1. The third-order valence-corrected chi connectivity index (χ3v) is 4.55. The largest absolute Gasteiger partial charge is 0.471 e. The highest BCUT2D eigenvalue weighted by atomic mass is 19.4. The first-order valence-corrected chi connectivity index (χ1v) is 8.88. The molecule has 0 atom stereocenters. The fourth-order valence-corrected chi connectivity index (χ4v) is 3.00. The molecule has 11 nitrogen and oxygen atoms in total. The van der Waals surface area contributed by atoms with Crippen molar-refractivity contribution in [2.75, 3.05) is 31.1 Å². The van der Waals surface area contributed by atoms with E-state index in [1.54, 1.807) is 6.07 Å². The Kier molecular flexibility index (Phi) is 5.04. The summed E-state index contributed by atoms with van der Waals surface area (Å²) in [5.74, 6) is -2.17. The van der Waals surface area contributed by atoms with E-state index in [0.29, 0.717) is 32.0 Å². The van der Waals surface area contributed by atoms with E-state index in [2.05, 4.69) is 19.6 Å². The minimum absolute atomic E-state index is 0.110. The van der Waals surface area contributed by atoms with E-state index >= 15 is 0 Å². The fourth-order valence-electron chi connectivity index (χ4n) is 3.00. The summed E-state index contributed by atoms with van der Waals surface area (Å²) in [4.78, 5) is 33.3.